The number of carboxylic acids is 1. The molecule has 1 aliphatic rings. The van der Waals surface area contributed by atoms with Gasteiger partial charge in [-0.1, -0.05) is 36.6 Å². The molecule has 1 heterocycles. The van der Waals surface area contributed by atoms with Gasteiger partial charge in [-0.15, -0.1) is 11.3 Å². The van der Waals surface area contributed by atoms with E-state index in [4.69, 9.17) is 0 Å². The van der Waals surface area contributed by atoms with Crippen LogP contribution in [-0.2, 0) is 9.59 Å². The normalized spacial score (nSPS) is 20.2. The number of hydrogen-bond donors (Lipinski definition) is 1. The van der Waals surface area contributed by atoms with Gasteiger partial charge in [0.25, 0.3) is 0 Å². The maximum absolute atomic E-state index is 12.5. The highest BCUT2D eigenvalue weighted by Gasteiger charge is 2.32. The van der Waals surface area contributed by atoms with Crippen LogP contribution in [0.2, 0.25) is 0 Å². The van der Waals surface area contributed by atoms with Gasteiger partial charge in [-0.05, 0) is 32.3 Å². The summed E-state index contributed by atoms with van der Waals surface area (Å²) in [5.41, 5.74) is 4.17. The molecule has 6 heteroatoms. The molecule has 5 nitrogen and oxygen atoms in total. The van der Waals surface area contributed by atoms with Crippen molar-refractivity contribution < 1.29 is 14.7 Å². The van der Waals surface area contributed by atoms with Crippen LogP contribution >= 0.6 is 11.3 Å². The molecule has 25 heavy (non-hydrogen) atoms. The van der Waals surface area contributed by atoms with Crippen LogP contribution in [0.15, 0.2) is 23.6 Å². The summed E-state index contributed by atoms with van der Waals surface area (Å²) in [6.45, 7) is 4.08. The van der Waals surface area contributed by atoms with Gasteiger partial charge in [0.05, 0.1) is 5.69 Å². The molecular weight excluding hydrogens is 336 g/mol. The van der Waals surface area contributed by atoms with Crippen LogP contribution in [0.3, 0.4) is 0 Å². The first-order valence-corrected chi connectivity index (χ1v) is 9.38. The van der Waals surface area contributed by atoms with Gasteiger partial charge in [0.1, 0.15) is 0 Å². The Morgan fingerprint density at radius 2 is 1.92 bits per heavy atom. The van der Waals surface area contributed by atoms with Crippen molar-refractivity contribution in [2.75, 3.05) is 5.32 Å². The van der Waals surface area contributed by atoms with Gasteiger partial charge in [-0.3, -0.25) is 4.79 Å². The molecule has 0 unspecified atom stereocenters. The molecule has 1 fully saturated rings. The topological polar surface area (TPSA) is 82.1 Å². The number of nitrogens with zero attached hydrogens (tertiary/aromatic N) is 1. The predicted octanol–water partition coefficient (Wildman–Crippen LogP) is 2.92. The summed E-state index contributed by atoms with van der Waals surface area (Å²) in [6.07, 6.45) is 2.79. The van der Waals surface area contributed by atoms with Crippen molar-refractivity contribution in [2.45, 2.75) is 39.5 Å². The molecule has 0 saturated heterocycles. The van der Waals surface area contributed by atoms with E-state index in [0.29, 0.717) is 18.0 Å². The Morgan fingerprint density at radius 3 is 2.60 bits per heavy atom. The molecule has 0 aliphatic heterocycles. The average Bonchev–Trinajstić information content (AvgIpc) is 3.02. The Bertz CT molecular complexity index is 800. The minimum absolute atomic E-state index is 0.268. The van der Waals surface area contributed by atoms with Crippen molar-refractivity contribution in [1.82, 2.24) is 4.98 Å². The zero-order chi connectivity index (χ0) is 18.0. The lowest BCUT2D eigenvalue weighted by Crippen LogP contribution is -2.42. The number of amides is 1. The minimum Gasteiger partial charge on any atom is -0.550 e. The predicted molar refractivity (Wildman–Crippen MR) is 96.1 cm³/mol. The van der Waals surface area contributed by atoms with Crippen LogP contribution in [0.4, 0.5) is 5.13 Å². The third-order valence-corrected chi connectivity index (χ3v) is 5.56. The fourth-order valence-corrected chi connectivity index (χ4v) is 4.19. The van der Waals surface area contributed by atoms with Gasteiger partial charge < -0.3 is 15.2 Å². The number of carbonyl (C=O) groups is 2. The molecule has 0 radical (unpaired) electrons. The zero-order valence-corrected chi connectivity index (χ0v) is 15.2. The summed E-state index contributed by atoms with van der Waals surface area (Å²) < 4.78 is 0. The third kappa shape index (κ3) is 3.90. The van der Waals surface area contributed by atoms with Gasteiger partial charge in [-0.25, -0.2) is 4.98 Å². The molecule has 3 rings (SSSR count). The van der Waals surface area contributed by atoms with Crippen molar-refractivity contribution in [3.05, 3.63) is 34.7 Å². The van der Waals surface area contributed by atoms with E-state index in [1.807, 2.05) is 31.4 Å². The second-order valence-electron chi connectivity index (χ2n) is 6.66. The average molecular weight is 357 g/mol. The number of carboxylic acid groups (broad SMARTS) is 1. The Balaban J connectivity index is 1.74. The summed E-state index contributed by atoms with van der Waals surface area (Å²) in [5, 5.41) is 16.5. The summed E-state index contributed by atoms with van der Waals surface area (Å²) in [5.74, 6) is -2.63. The number of thiazole rings is 1. The molecule has 1 aromatic heterocycles. The van der Waals surface area contributed by atoms with Crippen molar-refractivity contribution in [1.29, 1.82) is 0 Å². The fourth-order valence-electron chi connectivity index (χ4n) is 3.48. The van der Waals surface area contributed by atoms with E-state index in [0.717, 1.165) is 29.7 Å². The number of anilines is 1. The van der Waals surface area contributed by atoms with Crippen LogP contribution in [0, 0.1) is 25.7 Å². The van der Waals surface area contributed by atoms with E-state index in [1.54, 1.807) is 0 Å². The minimum atomic E-state index is -1.13. The van der Waals surface area contributed by atoms with E-state index < -0.39 is 17.8 Å². The van der Waals surface area contributed by atoms with Gasteiger partial charge in [0.2, 0.25) is 5.91 Å². The molecule has 1 saturated carbocycles. The molecule has 1 aromatic carbocycles. The van der Waals surface area contributed by atoms with E-state index in [-0.39, 0.29) is 5.91 Å². The second kappa shape index (κ2) is 7.35. The third-order valence-electron chi connectivity index (χ3n) is 4.80. The molecule has 2 atom stereocenters. The van der Waals surface area contributed by atoms with Crippen LogP contribution in [0.25, 0.3) is 11.3 Å². The summed E-state index contributed by atoms with van der Waals surface area (Å²) in [6, 6.07) is 6.16. The first-order chi connectivity index (χ1) is 12.0. The number of aryl methyl sites for hydroxylation is 2. The lowest BCUT2D eigenvalue weighted by molar-refractivity contribution is -0.313. The summed E-state index contributed by atoms with van der Waals surface area (Å²) >= 11 is 1.35. The molecule has 1 amide bonds. The number of hydrogen-bond acceptors (Lipinski definition) is 5. The van der Waals surface area contributed by atoms with Crippen LogP contribution in [-0.4, -0.2) is 16.9 Å². The van der Waals surface area contributed by atoms with Crippen molar-refractivity contribution in [3.8, 4) is 11.3 Å². The van der Waals surface area contributed by atoms with E-state index in [2.05, 4.69) is 16.4 Å². The molecule has 0 spiro atoms. The van der Waals surface area contributed by atoms with Crippen molar-refractivity contribution >= 4 is 28.3 Å². The van der Waals surface area contributed by atoms with Gasteiger partial charge >= 0.3 is 0 Å². The largest absolute Gasteiger partial charge is 0.550 e. The van der Waals surface area contributed by atoms with Crippen LogP contribution < -0.4 is 10.4 Å². The lowest BCUT2D eigenvalue weighted by atomic mass is 9.79. The number of aliphatic carboxylic acids is 1. The number of nitrogens with one attached hydrogen (secondary N) is 1. The first-order valence-electron chi connectivity index (χ1n) is 8.50. The maximum Gasteiger partial charge on any atom is 0.229 e. The molecule has 1 N–H and O–H groups in total. The quantitative estimate of drug-likeness (QED) is 0.912. The second-order valence-corrected chi connectivity index (χ2v) is 7.52. The molecule has 1 aliphatic carbocycles. The monoisotopic (exact) mass is 357 g/mol. The van der Waals surface area contributed by atoms with E-state index in [1.165, 1.54) is 16.9 Å². The van der Waals surface area contributed by atoms with E-state index in [9.17, 15) is 14.7 Å². The Labute approximate surface area is 151 Å². The smallest absolute Gasteiger partial charge is 0.229 e. The first kappa shape index (κ1) is 17.6. The highest BCUT2D eigenvalue weighted by Crippen LogP contribution is 2.32. The fraction of sp³-hybridized carbons (Fsp3) is 0.421. The van der Waals surface area contributed by atoms with Gasteiger partial charge in [-0.2, -0.15) is 0 Å². The lowest BCUT2D eigenvalue weighted by Gasteiger charge is -2.30. The summed E-state index contributed by atoms with van der Waals surface area (Å²) in [4.78, 5) is 28.3. The van der Waals surface area contributed by atoms with Crippen molar-refractivity contribution in [2.24, 2.45) is 11.8 Å². The number of carbonyl (C=O) groups excluding carboxylic acids is 2. The number of benzene rings is 1. The molecule has 132 valence electrons. The van der Waals surface area contributed by atoms with Gasteiger partial charge in [0.15, 0.2) is 5.13 Å². The number of rotatable bonds is 4. The highest BCUT2D eigenvalue weighted by molar-refractivity contribution is 7.14. The Hall–Kier alpha value is -2.21. The highest BCUT2D eigenvalue weighted by atomic mass is 32.1. The maximum atomic E-state index is 12.5. The van der Waals surface area contributed by atoms with Crippen LogP contribution in [0.5, 0.6) is 0 Å². The number of aromatic nitrogens is 1. The van der Waals surface area contributed by atoms with Crippen LogP contribution in [0.1, 0.15) is 36.8 Å². The van der Waals surface area contributed by atoms with E-state index >= 15 is 0 Å². The standard InChI is InChI=1S/C19H22N2O3S/c1-11-7-8-13(12(2)9-11)16-10-25-19(20-16)21-17(22)14-5-3-4-6-15(14)18(23)24/h7-10,14-15H,3-6H2,1-2H3,(H,23,24)(H,20,21,22)/p-1/t14-,15+/m0/s1. The SMILES string of the molecule is Cc1ccc(-c2csc(NC(=O)[C@H]3CCCC[C@H]3C(=O)[O-])n2)c(C)c1. The van der Waals surface area contributed by atoms with Gasteiger partial charge in [0, 0.05) is 28.7 Å². The summed E-state index contributed by atoms with van der Waals surface area (Å²) in [7, 11) is 0. The molecule has 2 aromatic rings. The molecule has 0 bridgehead atoms. The Morgan fingerprint density at radius 1 is 1.20 bits per heavy atom. The Kier molecular flexibility index (Phi) is 5.18. The zero-order valence-electron chi connectivity index (χ0n) is 14.4. The molecular formula is C19H21N2O3S-. The van der Waals surface area contributed by atoms with Crippen molar-refractivity contribution in [3.63, 3.8) is 0 Å².